The van der Waals surface area contributed by atoms with Crippen LogP contribution in [0.3, 0.4) is 0 Å². The number of hydrogen-bond donors (Lipinski definition) is 1. The zero-order valence-electron chi connectivity index (χ0n) is 9.24. The van der Waals surface area contributed by atoms with Gasteiger partial charge >= 0.3 is 0 Å². The molecule has 0 amide bonds. The number of nitrogen functional groups attached to an aromatic ring is 1. The second-order valence-electron chi connectivity index (χ2n) is 4.22. The van der Waals surface area contributed by atoms with Crippen LogP contribution in [0.2, 0.25) is 0 Å². The van der Waals surface area contributed by atoms with Crippen LogP contribution in [-0.4, -0.2) is 9.55 Å². The quantitative estimate of drug-likeness (QED) is 0.709. The Morgan fingerprint density at radius 3 is 2.71 bits per heavy atom. The van der Waals surface area contributed by atoms with Gasteiger partial charge in [0, 0.05) is 18.9 Å². The highest BCUT2D eigenvalue weighted by molar-refractivity contribution is 5.16. The van der Waals surface area contributed by atoms with Crippen molar-refractivity contribution >= 4 is 5.95 Å². The van der Waals surface area contributed by atoms with E-state index in [-0.39, 0.29) is 0 Å². The lowest BCUT2D eigenvalue weighted by molar-refractivity contribution is 0.508. The zero-order chi connectivity index (χ0) is 10.4. The Bertz CT molecular complexity index is 253. The van der Waals surface area contributed by atoms with E-state index in [9.17, 15) is 0 Å². The molecule has 0 unspecified atom stereocenters. The van der Waals surface area contributed by atoms with Gasteiger partial charge in [-0.05, 0) is 12.3 Å². The van der Waals surface area contributed by atoms with Crippen molar-refractivity contribution in [3.05, 3.63) is 12.4 Å². The summed E-state index contributed by atoms with van der Waals surface area (Å²) in [6, 6.07) is 0. The Hall–Kier alpha value is -0.990. The molecule has 0 bridgehead atoms. The minimum atomic E-state index is 0.633. The minimum Gasteiger partial charge on any atom is -0.369 e. The highest BCUT2D eigenvalue weighted by atomic mass is 15.1. The Morgan fingerprint density at radius 1 is 1.36 bits per heavy atom. The molecule has 0 saturated carbocycles. The number of aryl methyl sites for hydroxylation is 1. The van der Waals surface area contributed by atoms with Crippen LogP contribution in [0, 0.1) is 5.92 Å². The van der Waals surface area contributed by atoms with E-state index >= 15 is 0 Å². The molecule has 0 spiro atoms. The molecule has 0 saturated heterocycles. The van der Waals surface area contributed by atoms with Crippen molar-refractivity contribution < 1.29 is 0 Å². The lowest BCUT2D eigenvalue weighted by Crippen LogP contribution is -2.02. The zero-order valence-corrected chi connectivity index (χ0v) is 9.24. The fourth-order valence-electron chi connectivity index (χ4n) is 1.54. The third-order valence-corrected chi connectivity index (χ3v) is 2.43. The summed E-state index contributed by atoms with van der Waals surface area (Å²) < 4.78 is 2.01. The molecular formula is C11H21N3. The summed E-state index contributed by atoms with van der Waals surface area (Å²) in [7, 11) is 0. The normalized spacial score (nSPS) is 11.1. The predicted octanol–water partition coefficient (Wildman–Crippen LogP) is 2.68. The van der Waals surface area contributed by atoms with Crippen LogP contribution in [-0.2, 0) is 6.54 Å². The maximum absolute atomic E-state index is 5.66. The van der Waals surface area contributed by atoms with Gasteiger partial charge in [-0.15, -0.1) is 0 Å². The van der Waals surface area contributed by atoms with Crippen LogP contribution in [0.25, 0.3) is 0 Å². The molecule has 1 aromatic heterocycles. The first-order valence-corrected chi connectivity index (χ1v) is 5.46. The maximum Gasteiger partial charge on any atom is 0.200 e. The summed E-state index contributed by atoms with van der Waals surface area (Å²) in [6.07, 6.45) is 8.84. The monoisotopic (exact) mass is 195 g/mol. The summed E-state index contributed by atoms with van der Waals surface area (Å²) in [5, 5.41) is 0. The molecule has 1 aromatic rings. The molecule has 0 atom stereocenters. The van der Waals surface area contributed by atoms with Gasteiger partial charge in [0.25, 0.3) is 0 Å². The fraction of sp³-hybridized carbons (Fsp3) is 0.727. The lowest BCUT2D eigenvalue weighted by atomic mass is 10.1. The Labute approximate surface area is 86.3 Å². The van der Waals surface area contributed by atoms with Gasteiger partial charge in [-0.25, -0.2) is 4.98 Å². The molecule has 2 N–H and O–H groups in total. The SMILES string of the molecule is CC(C)CCCCCn1ccnc1N. The molecule has 0 aliphatic heterocycles. The second-order valence-corrected chi connectivity index (χ2v) is 4.22. The number of unbranched alkanes of at least 4 members (excludes halogenated alkanes) is 2. The topological polar surface area (TPSA) is 43.8 Å². The molecule has 80 valence electrons. The summed E-state index contributed by atoms with van der Waals surface area (Å²) in [6.45, 7) is 5.55. The molecule has 0 fully saturated rings. The third-order valence-electron chi connectivity index (χ3n) is 2.43. The van der Waals surface area contributed by atoms with E-state index in [1.807, 2.05) is 10.8 Å². The number of nitrogens with zero attached hydrogens (tertiary/aromatic N) is 2. The summed E-state index contributed by atoms with van der Waals surface area (Å²) in [5.41, 5.74) is 5.66. The van der Waals surface area contributed by atoms with E-state index in [2.05, 4.69) is 18.8 Å². The van der Waals surface area contributed by atoms with Crippen LogP contribution < -0.4 is 5.73 Å². The van der Waals surface area contributed by atoms with E-state index in [0.29, 0.717) is 5.95 Å². The van der Waals surface area contributed by atoms with E-state index < -0.39 is 0 Å². The third kappa shape index (κ3) is 3.81. The first kappa shape index (κ1) is 11.1. The average Bonchev–Trinajstić information content (AvgIpc) is 2.51. The first-order valence-electron chi connectivity index (χ1n) is 5.46. The molecule has 14 heavy (non-hydrogen) atoms. The standard InChI is InChI=1S/C11H21N3/c1-10(2)6-4-3-5-8-14-9-7-13-11(14)12/h7,9-10H,3-6,8H2,1-2H3,(H2,12,13). The van der Waals surface area contributed by atoms with Gasteiger partial charge in [0.1, 0.15) is 0 Å². The highest BCUT2D eigenvalue weighted by Crippen LogP contribution is 2.09. The van der Waals surface area contributed by atoms with Crippen LogP contribution in [0.4, 0.5) is 5.95 Å². The molecule has 1 heterocycles. The molecule has 0 radical (unpaired) electrons. The first-order chi connectivity index (χ1) is 6.70. The summed E-state index contributed by atoms with van der Waals surface area (Å²) >= 11 is 0. The Balaban J connectivity index is 2.08. The van der Waals surface area contributed by atoms with E-state index in [0.717, 1.165) is 12.5 Å². The van der Waals surface area contributed by atoms with Gasteiger partial charge in [0.15, 0.2) is 5.95 Å². The fourth-order valence-corrected chi connectivity index (χ4v) is 1.54. The molecule has 0 aromatic carbocycles. The average molecular weight is 195 g/mol. The van der Waals surface area contributed by atoms with Crippen molar-refractivity contribution in [2.45, 2.75) is 46.1 Å². The number of rotatable bonds is 6. The van der Waals surface area contributed by atoms with Crippen molar-refractivity contribution in [2.75, 3.05) is 5.73 Å². The van der Waals surface area contributed by atoms with E-state index in [1.165, 1.54) is 25.7 Å². The van der Waals surface area contributed by atoms with Gasteiger partial charge in [0.05, 0.1) is 0 Å². The largest absolute Gasteiger partial charge is 0.369 e. The predicted molar refractivity (Wildman–Crippen MR) is 59.9 cm³/mol. The number of hydrogen-bond acceptors (Lipinski definition) is 2. The molecule has 1 rings (SSSR count). The van der Waals surface area contributed by atoms with Crippen molar-refractivity contribution in [1.82, 2.24) is 9.55 Å². The van der Waals surface area contributed by atoms with E-state index in [4.69, 9.17) is 5.73 Å². The molecule has 0 aliphatic carbocycles. The van der Waals surface area contributed by atoms with Crippen molar-refractivity contribution in [2.24, 2.45) is 5.92 Å². The van der Waals surface area contributed by atoms with Gasteiger partial charge in [-0.2, -0.15) is 0 Å². The smallest absolute Gasteiger partial charge is 0.200 e. The van der Waals surface area contributed by atoms with Gasteiger partial charge in [0.2, 0.25) is 0 Å². The van der Waals surface area contributed by atoms with Gasteiger partial charge in [-0.3, -0.25) is 0 Å². The second kappa shape index (κ2) is 5.68. The maximum atomic E-state index is 5.66. The van der Waals surface area contributed by atoms with Crippen LogP contribution >= 0.6 is 0 Å². The van der Waals surface area contributed by atoms with Gasteiger partial charge < -0.3 is 10.3 Å². The molecule has 0 aliphatic rings. The Morgan fingerprint density at radius 2 is 2.14 bits per heavy atom. The molecular weight excluding hydrogens is 174 g/mol. The van der Waals surface area contributed by atoms with E-state index in [1.54, 1.807) is 6.20 Å². The van der Waals surface area contributed by atoms with Crippen LogP contribution in [0.5, 0.6) is 0 Å². The summed E-state index contributed by atoms with van der Waals surface area (Å²) in [5.74, 6) is 1.46. The van der Waals surface area contributed by atoms with Crippen molar-refractivity contribution in [1.29, 1.82) is 0 Å². The number of imidazole rings is 1. The van der Waals surface area contributed by atoms with Crippen molar-refractivity contribution in [3.63, 3.8) is 0 Å². The molecule has 3 heteroatoms. The lowest BCUT2D eigenvalue weighted by Gasteiger charge is -2.05. The Kier molecular flexibility index (Phi) is 4.50. The minimum absolute atomic E-state index is 0.633. The number of aromatic nitrogens is 2. The molecule has 3 nitrogen and oxygen atoms in total. The van der Waals surface area contributed by atoms with Gasteiger partial charge in [-0.1, -0.05) is 33.1 Å². The van der Waals surface area contributed by atoms with Crippen LogP contribution in [0.15, 0.2) is 12.4 Å². The number of nitrogens with two attached hydrogens (primary N) is 1. The van der Waals surface area contributed by atoms with Crippen LogP contribution in [0.1, 0.15) is 39.5 Å². The van der Waals surface area contributed by atoms with Crippen molar-refractivity contribution in [3.8, 4) is 0 Å². The number of anilines is 1. The summed E-state index contributed by atoms with van der Waals surface area (Å²) in [4.78, 5) is 3.98. The highest BCUT2D eigenvalue weighted by Gasteiger charge is 1.97.